The minimum Gasteiger partial charge on any atom is -0.493 e. The van der Waals surface area contributed by atoms with Gasteiger partial charge in [0.2, 0.25) is 5.89 Å². The van der Waals surface area contributed by atoms with E-state index in [1.165, 1.54) is 19.3 Å². The van der Waals surface area contributed by atoms with Gasteiger partial charge in [-0.2, -0.15) is 0 Å². The van der Waals surface area contributed by atoms with Gasteiger partial charge in [0.1, 0.15) is 0 Å². The topological polar surface area (TPSA) is 88.1 Å². The maximum atomic E-state index is 5.97. The van der Waals surface area contributed by atoms with Crippen LogP contribution in [0.3, 0.4) is 0 Å². The summed E-state index contributed by atoms with van der Waals surface area (Å²) in [5.41, 5.74) is 0.952. The number of ether oxygens (including phenoxy) is 2. The molecule has 4 aromatic rings. The summed E-state index contributed by atoms with van der Waals surface area (Å²) >= 11 is 3.19. The highest BCUT2D eigenvalue weighted by Gasteiger charge is 2.27. The molecule has 0 radical (unpaired) electrons. The Morgan fingerprint density at radius 3 is 2.59 bits per heavy atom. The molecule has 1 aromatic carbocycles. The van der Waals surface area contributed by atoms with Crippen LogP contribution in [0.1, 0.15) is 56.2 Å². The number of nitrogens with zero attached hydrogens (tertiary/aromatic N) is 5. The molecule has 0 spiro atoms. The van der Waals surface area contributed by atoms with Gasteiger partial charge in [-0.25, -0.2) is 0 Å². The van der Waals surface area contributed by atoms with Crippen molar-refractivity contribution in [2.75, 3.05) is 14.2 Å². The molecular weight excluding hydrogens is 470 g/mol. The van der Waals surface area contributed by atoms with Crippen molar-refractivity contribution in [2.24, 2.45) is 0 Å². The van der Waals surface area contributed by atoms with E-state index in [0.717, 1.165) is 34.3 Å². The molecule has 0 aliphatic heterocycles. The second-order valence-electron chi connectivity index (χ2n) is 8.22. The van der Waals surface area contributed by atoms with Gasteiger partial charge >= 0.3 is 0 Å². The number of thiophene rings is 1. The van der Waals surface area contributed by atoms with E-state index in [4.69, 9.17) is 13.9 Å². The molecule has 3 heterocycles. The van der Waals surface area contributed by atoms with Crippen LogP contribution < -0.4 is 9.47 Å². The maximum absolute atomic E-state index is 5.97. The third kappa shape index (κ3) is 4.56. The highest BCUT2D eigenvalue weighted by Crippen LogP contribution is 2.41. The van der Waals surface area contributed by atoms with Gasteiger partial charge in [-0.3, -0.25) is 4.57 Å². The summed E-state index contributed by atoms with van der Waals surface area (Å²) in [7, 11) is 3.28. The van der Waals surface area contributed by atoms with E-state index in [9.17, 15) is 0 Å². The van der Waals surface area contributed by atoms with Crippen LogP contribution in [0.4, 0.5) is 0 Å². The monoisotopic (exact) mass is 497 g/mol. The Morgan fingerprint density at radius 2 is 1.85 bits per heavy atom. The zero-order valence-electron chi connectivity index (χ0n) is 19.4. The lowest BCUT2D eigenvalue weighted by Gasteiger charge is -2.26. The summed E-state index contributed by atoms with van der Waals surface area (Å²) in [6.07, 6.45) is 5.92. The minimum atomic E-state index is -0.0639. The average Bonchev–Trinajstić information content (AvgIpc) is 3.65. The molecule has 3 aromatic heterocycles. The summed E-state index contributed by atoms with van der Waals surface area (Å²) in [6.45, 7) is 2.06. The Labute approximate surface area is 206 Å². The van der Waals surface area contributed by atoms with Gasteiger partial charge in [-0.15, -0.1) is 31.7 Å². The van der Waals surface area contributed by atoms with Crippen LogP contribution in [0.25, 0.3) is 22.2 Å². The van der Waals surface area contributed by atoms with Gasteiger partial charge in [0, 0.05) is 11.6 Å². The number of methoxy groups -OCH3 is 2. The molecule has 0 unspecified atom stereocenters. The van der Waals surface area contributed by atoms with E-state index in [0.29, 0.717) is 29.3 Å². The van der Waals surface area contributed by atoms with Crippen LogP contribution in [-0.4, -0.2) is 39.2 Å². The molecule has 5 rings (SSSR count). The number of rotatable bonds is 8. The molecule has 0 N–H and O–H groups in total. The van der Waals surface area contributed by atoms with Crippen molar-refractivity contribution in [3.05, 3.63) is 41.6 Å². The van der Waals surface area contributed by atoms with Crippen LogP contribution >= 0.6 is 23.1 Å². The Morgan fingerprint density at radius 1 is 1.03 bits per heavy atom. The van der Waals surface area contributed by atoms with Crippen molar-refractivity contribution < 1.29 is 13.9 Å². The first-order valence-corrected chi connectivity index (χ1v) is 13.1. The first-order valence-electron chi connectivity index (χ1n) is 11.4. The predicted molar refractivity (Wildman–Crippen MR) is 133 cm³/mol. The molecule has 1 fully saturated rings. The van der Waals surface area contributed by atoms with Crippen molar-refractivity contribution in [3.63, 3.8) is 0 Å². The lowest BCUT2D eigenvalue weighted by molar-refractivity contribution is 0.338. The van der Waals surface area contributed by atoms with Crippen molar-refractivity contribution in [1.29, 1.82) is 0 Å². The second-order valence-corrected chi connectivity index (χ2v) is 10.5. The Balaban J connectivity index is 1.47. The molecule has 8 nitrogen and oxygen atoms in total. The van der Waals surface area contributed by atoms with E-state index < -0.39 is 0 Å². The molecule has 34 heavy (non-hydrogen) atoms. The highest BCUT2D eigenvalue weighted by atomic mass is 32.2. The first kappa shape index (κ1) is 22.9. The zero-order chi connectivity index (χ0) is 23.5. The first-order chi connectivity index (χ1) is 16.7. The minimum absolute atomic E-state index is 0.0639. The standard InChI is InChI=1S/C24H27N5O3S2/c1-15(22-26-27-23(32-22)20-10-7-13-33-20)34-24-28-25-21(29(24)17-8-5-4-6-9-17)16-11-12-18(30-2)19(14-16)31-3/h7,10-15,17H,4-6,8-9H2,1-3H3/t15-/m1/s1. The van der Waals surface area contributed by atoms with Gasteiger partial charge < -0.3 is 13.9 Å². The number of thioether (sulfide) groups is 1. The van der Waals surface area contributed by atoms with Crippen LogP contribution in [0.2, 0.25) is 0 Å². The lowest BCUT2D eigenvalue weighted by atomic mass is 9.95. The lowest BCUT2D eigenvalue weighted by Crippen LogP contribution is -2.15. The van der Waals surface area contributed by atoms with Crippen LogP contribution in [0.5, 0.6) is 11.5 Å². The molecule has 10 heteroatoms. The van der Waals surface area contributed by atoms with Crippen molar-refractivity contribution in [2.45, 2.75) is 55.5 Å². The fourth-order valence-corrected chi connectivity index (χ4v) is 5.90. The Bertz CT molecular complexity index is 1230. The molecule has 1 aliphatic carbocycles. The molecule has 1 atom stereocenters. The molecule has 178 valence electrons. The van der Waals surface area contributed by atoms with Gasteiger partial charge in [0.05, 0.1) is 24.3 Å². The van der Waals surface area contributed by atoms with E-state index in [1.54, 1.807) is 37.3 Å². The van der Waals surface area contributed by atoms with E-state index in [2.05, 4.69) is 31.9 Å². The van der Waals surface area contributed by atoms with Crippen molar-refractivity contribution >= 4 is 23.1 Å². The van der Waals surface area contributed by atoms with Gasteiger partial charge in [-0.1, -0.05) is 37.1 Å². The fraction of sp³-hybridized carbons (Fsp3) is 0.417. The number of hydrogen-bond acceptors (Lipinski definition) is 9. The summed E-state index contributed by atoms with van der Waals surface area (Å²) in [5, 5.41) is 20.5. The summed E-state index contributed by atoms with van der Waals surface area (Å²) in [6, 6.07) is 10.2. The summed E-state index contributed by atoms with van der Waals surface area (Å²) in [5.74, 6) is 3.34. The third-order valence-electron chi connectivity index (χ3n) is 6.05. The maximum Gasteiger partial charge on any atom is 0.257 e. The second kappa shape index (κ2) is 10.2. The Kier molecular flexibility index (Phi) is 6.87. The average molecular weight is 498 g/mol. The molecule has 1 aliphatic rings. The number of benzene rings is 1. The molecule has 0 bridgehead atoms. The van der Waals surface area contributed by atoms with E-state index in [1.807, 2.05) is 35.7 Å². The normalized spacial score (nSPS) is 15.4. The summed E-state index contributed by atoms with van der Waals surface area (Å²) in [4.78, 5) is 0.970. The smallest absolute Gasteiger partial charge is 0.257 e. The van der Waals surface area contributed by atoms with Crippen LogP contribution in [0, 0.1) is 0 Å². The quantitative estimate of drug-likeness (QED) is 0.257. The van der Waals surface area contributed by atoms with E-state index in [-0.39, 0.29) is 5.25 Å². The largest absolute Gasteiger partial charge is 0.493 e. The van der Waals surface area contributed by atoms with Gasteiger partial charge in [0.15, 0.2) is 22.5 Å². The number of aromatic nitrogens is 5. The molecule has 0 saturated heterocycles. The number of hydrogen-bond donors (Lipinski definition) is 0. The van der Waals surface area contributed by atoms with Crippen LogP contribution in [0.15, 0.2) is 45.3 Å². The van der Waals surface area contributed by atoms with E-state index >= 15 is 0 Å². The molecular formula is C24H27N5O3S2. The highest BCUT2D eigenvalue weighted by molar-refractivity contribution is 7.99. The van der Waals surface area contributed by atoms with Gasteiger partial charge in [-0.05, 0) is 49.4 Å². The van der Waals surface area contributed by atoms with Crippen LogP contribution in [-0.2, 0) is 0 Å². The third-order valence-corrected chi connectivity index (χ3v) is 7.95. The molecule has 1 saturated carbocycles. The Hall–Kier alpha value is -2.85. The molecule has 0 amide bonds. The predicted octanol–water partition coefficient (Wildman–Crippen LogP) is 6.43. The summed E-state index contributed by atoms with van der Waals surface area (Å²) < 4.78 is 19.2. The van der Waals surface area contributed by atoms with Crippen molar-refractivity contribution in [1.82, 2.24) is 25.0 Å². The zero-order valence-corrected chi connectivity index (χ0v) is 21.1. The SMILES string of the molecule is COc1ccc(-c2nnc(S[C@H](C)c3nnc(-c4cccs4)o3)n2C2CCCCC2)cc1OC. The fourth-order valence-electron chi connectivity index (χ4n) is 4.31. The van der Waals surface area contributed by atoms with Crippen molar-refractivity contribution in [3.8, 4) is 33.7 Å². The van der Waals surface area contributed by atoms with Gasteiger partial charge in [0.25, 0.3) is 5.89 Å².